The fourth-order valence-corrected chi connectivity index (χ4v) is 2.78. The van der Waals surface area contributed by atoms with Crippen LogP contribution >= 0.6 is 0 Å². The van der Waals surface area contributed by atoms with Crippen molar-refractivity contribution >= 4 is 0 Å². The Kier molecular flexibility index (Phi) is 4.42. The maximum atomic E-state index is 10.2. The van der Waals surface area contributed by atoms with Gasteiger partial charge in [0.25, 0.3) is 0 Å². The number of hydrogen-bond donors (Lipinski definition) is 1. The summed E-state index contributed by atoms with van der Waals surface area (Å²) in [6, 6.07) is 0.156. The molecule has 0 radical (unpaired) electrons. The molecule has 3 unspecified atom stereocenters. The van der Waals surface area contributed by atoms with Crippen LogP contribution in [0.5, 0.6) is 0 Å². The zero-order valence-electron chi connectivity index (χ0n) is 11.3. The summed E-state index contributed by atoms with van der Waals surface area (Å²) >= 11 is 0. The number of likely N-dealkylation sites (tertiary alicyclic amines) is 1. The van der Waals surface area contributed by atoms with Gasteiger partial charge in [0, 0.05) is 6.54 Å². The first-order valence-electron chi connectivity index (χ1n) is 6.76. The highest BCUT2D eigenvalue weighted by molar-refractivity contribution is 4.90. The van der Waals surface area contributed by atoms with Gasteiger partial charge >= 0.3 is 0 Å². The zero-order chi connectivity index (χ0) is 12.4. The molecule has 2 aliphatic heterocycles. The van der Waals surface area contributed by atoms with Gasteiger partial charge < -0.3 is 19.6 Å². The Morgan fingerprint density at radius 3 is 2.47 bits per heavy atom. The van der Waals surface area contributed by atoms with Crippen LogP contribution in [-0.4, -0.2) is 73.5 Å². The van der Waals surface area contributed by atoms with Crippen LogP contribution in [0.25, 0.3) is 0 Å². The number of rotatable bonds is 3. The number of ether oxygens (including phenoxy) is 1. The van der Waals surface area contributed by atoms with Crippen LogP contribution in [0.15, 0.2) is 0 Å². The summed E-state index contributed by atoms with van der Waals surface area (Å²) in [6.45, 7) is 6.17. The van der Waals surface area contributed by atoms with Crippen LogP contribution in [-0.2, 0) is 4.74 Å². The maximum Gasteiger partial charge on any atom is 0.0991 e. The summed E-state index contributed by atoms with van der Waals surface area (Å²) in [6.07, 6.45) is 2.21. The van der Waals surface area contributed by atoms with Gasteiger partial charge in [-0.05, 0) is 45.9 Å². The summed E-state index contributed by atoms with van der Waals surface area (Å²) in [7, 11) is 4.00. The van der Waals surface area contributed by atoms with Crippen molar-refractivity contribution in [3.8, 4) is 0 Å². The zero-order valence-corrected chi connectivity index (χ0v) is 11.3. The van der Waals surface area contributed by atoms with E-state index in [-0.39, 0.29) is 18.2 Å². The van der Waals surface area contributed by atoms with Crippen molar-refractivity contribution in [2.75, 3.05) is 40.3 Å². The average molecular weight is 242 g/mol. The third-order valence-corrected chi connectivity index (χ3v) is 4.23. The number of aliphatic hydroxyl groups is 1. The molecule has 0 aromatic rings. The maximum absolute atomic E-state index is 10.2. The molecule has 2 heterocycles. The minimum absolute atomic E-state index is 0.00388. The minimum Gasteiger partial charge on any atom is -0.389 e. The Hall–Kier alpha value is -0.160. The van der Waals surface area contributed by atoms with E-state index in [0.717, 1.165) is 25.6 Å². The number of aliphatic hydroxyl groups excluding tert-OH is 1. The van der Waals surface area contributed by atoms with E-state index in [1.807, 2.05) is 14.1 Å². The van der Waals surface area contributed by atoms with Crippen LogP contribution in [0.1, 0.15) is 19.8 Å². The molecule has 0 aromatic carbocycles. The molecule has 100 valence electrons. The molecule has 0 amide bonds. The number of likely N-dealkylation sites (N-methyl/N-ethyl adjacent to an activating group) is 1. The molecule has 0 aromatic heterocycles. The largest absolute Gasteiger partial charge is 0.389 e. The average Bonchev–Trinajstić information content (AvgIpc) is 2.64. The highest BCUT2D eigenvalue weighted by Gasteiger charge is 2.38. The fraction of sp³-hybridized carbons (Fsp3) is 1.00. The molecular weight excluding hydrogens is 216 g/mol. The summed E-state index contributed by atoms with van der Waals surface area (Å²) in [5, 5.41) is 10.2. The number of nitrogens with zero attached hydrogens (tertiary/aromatic N) is 2. The summed E-state index contributed by atoms with van der Waals surface area (Å²) in [5.74, 6) is 0.857. The molecular formula is C13H26N2O2. The standard InChI is InChI=1S/C13H26N2O2/c1-10-4-6-15(7-5-10)8-12-13(16)11(9-17-12)14(2)3/h10-13,16H,4-9H2,1-3H3. The molecule has 1 N–H and O–H groups in total. The lowest BCUT2D eigenvalue weighted by Gasteiger charge is -2.33. The van der Waals surface area contributed by atoms with E-state index in [1.54, 1.807) is 0 Å². The molecule has 2 saturated heterocycles. The molecule has 2 fully saturated rings. The second kappa shape index (κ2) is 5.65. The van der Waals surface area contributed by atoms with Gasteiger partial charge in [-0.15, -0.1) is 0 Å². The Labute approximate surface area is 105 Å². The Morgan fingerprint density at radius 2 is 1.94 bits per heavy atom. The van der Waals surface area contributed by atoms with Gasteiger partial charge in [0.15, 0.2) is 0 Å². The van der Waals surface area contributed by atoms with Crippen LogP contribution in [0.2, 0.25) is 0 Å². The van der Waals surface area contributed by atoms with Crippen molar-refractivity contribution in [3.63, 3.8) is 0 Å². The summed E-state index contributed by atoms with van der Waals surface area (Å²) in [5.41, 5.74) is 0. The summed E-state index contributed by atoms with van der Waals surface area (Å²) < 4.78 is 5.74. The van der Waals surface area contributed by atoms with E-state index in [4.69, 9.17) is 4.74 Å². The monoisotopic (exact) mass is 242 g/mol. The quantitative estimate of drug-likeness (QED) is 0.777. The minimum atomic E-state index is -0.343. The summed E-state index contributed by atoms with van der Waals surface area (Å²) in [4.78, 5) is 4.49. The second-order valence-corrected chi connectivity index (χ2v) is 5.88. The Balaban J connectivity index is 1.80. The first-order valence-corrected chi connectivity index (χ1v) is 6.76. The molecule has 0 spiro atoms. The molecule has 17 heavy (non-hydrogen) atoms. The predicted molar refractivity (Wildman–Crippen MR) is 68.1 cm³/mol. The first-order chi connectivity index (χ1) is 8.08. The fourth-order valence-electron chi connectivity index (χ4n) is 2.78. The molecule has 4 heteroatoms. The van der Waals surface area contributed by atoms with E-state index in [9.17, 15) is 5.11 Å². The topological polar surface area (TPSA) is 35.9 Å². The molecule has 2 aliphatic rings. The van der Waals surface area contributed by atoms with Gasteiger partial charge in [0.05, 0.1) is 24.9 Å². The highest BCUT2D eigenvalue weighted by Crippen LogP contribution is 2.21. The number of piperidine rings is 1. The van der Waals surface area contributed by atoms with E-state index < -0.39 is 0 Å². The van der Waals surface area contributed by atoms with Crippen molar-refractivity contribution in [1.82, 2.24) is 9.80 Å². The highest BCUT2D eigenvalue weighted by atomic mass is 16.5. The number of hydrogen-bond acceptors (Lipinski definition) is 4. The second-order valence-electron chi connectivity index (χ2n) is 5.88. The lowest BCUT2D eigenvalue weighted by Crippen LogP contribution is -2.45. The predicted octanol–water partition coefficient (Wildman–Crippen LogP) is 0.408. The third kappa shape index (κ3) is 3.19. The molecule has 0 aliphatic carbocycles. The van der Waals surface area contributed by atoms with Crippen LogP contribution in [0.3, 0.4) is 0 Å². The van der Waals surface area contributed by atoms with Crippen molar-refractivity contribution in [2.45, 2.75) is 38.0 Å². The smallest absolute Gasteiger partial charge is 0.0991 e. The van der Waals surface area contributed by atoms with Gasteiger partial charge in [-0.2, -0.15) is 0 Å². The van der Waals surface area contributed by atoms with Crippen molar-refractivity contribution in [1.29, 1.82) is 0 Å². The molecule has 4 nitrogen and oxygen atoms in total. The van der Waals surface area contributed by atoms with Crippen molar-refractivity contribution in [2.24, 2.45) is 5.92 Å². The van der Waals surface area contributed by atoms with Gasteiger partial charge in [0.2, 0.25) is 0 Å². The molecule has 3 atom stereocenters. The van der Waals surface area contributed by atoms with E-state index in [0.29, 0.717) is 6.61 Å². The third-order valence-electron chi connectivity index (χ3n) is 4.23. The van der Waals surface area contributed by atoms with Gasteiger partial charge in [-0.3, -0.25) is 0 Å². The van der Waals surface area contributed by atoms with Crippen LogP contribution < -0.4 is 0 Å². The Morgan fingerprint density at radius 1 is 1.29 bits per heavy atom. The van der Waals surface area contributed by atoms with Gasteiger partial charge in [0.1, 0.15) is 0 Å². The van der Waals surface area contributed by atoms with Crippen LogP contribution in [0, 0.1) is 5.92 Å². The van der Waals surface area contributed by atoms with Gasteiger partial charge in [-0.25, -0.2) is 0 Å². The van der Waals surface area contributed by atoms with E-state index >= 15 is 0 Å². The SMILES string of the molecule is CC1CCN(CC2OCC(N(C)C)C2O)CC1. The molecule has 0 saturated carbocycles. The lowest BCUT2D eigenvalue weighted by molar-refractivity contribution is 0.00620. The van der Waals surface area contributed by atoms with Crippen molar-refractivity contribution in [3.05, 3.63) is 0 Å². The normalized spacial score (nSPS) is 36.9. The van der Waals surface area contributed by atoms with E-state index in [1.165, 1.54) is 12.8 Å². The Bertz CT molecular complexity index is 240. The van der Waals surface area contributed by atoms with Crippen LogP contribution in [0.4, 0.5) is 0 Å². The lowest BCUT2D eigenvalue weighted by atomic mass is 9.98. The van der Waals surface area contributed by atoms with Crippen molar-refractivity contribution < 1.29 is 9.84 Å². The molecule has 0 bridgehead atoms. The molecule has 2 rings (SSSR count). The van der Waals surface area contributed by atoms with Gasteiger partial charge in [-0.1, -0.05) is 6.92 Å². The van der Waals surface area contributed by atoms with E-state index in [2.05, 4.69) is 16.7 Å². The first kappa shape index (κ1) is 13.3.